The first-order valence-corrected chi connectivity index (χ1v) is 7.13. The molecular weight excluding hydrogens is 225 g/mol. The number of nitrogens with two attached hydrogens (primary N) is 1. The fraction of sp³-hybridized carbons (Fsp3) is 0.625. The molecule has 0 heterocycles. The van der Waals surface area contributed by atoms with Gasteiger partial charge in [-0.1, -0.05) is 31.9 Å². The number of aryl methyl sites for hydroxylation is 1. The van der Waals surface area contributed by atoms with Gasteiger partial charge in [-0.25, -0.2) is 4.39 Å². The van der Waals surface area contributed by atoms with Crippen LogP contribution < -0.4 is 5.73 Å². The van der Waals surface area contributed by atoms with E-state index in [1.165, 1.54) is 19.3 Å². The lowest BCUT2D eigenvalue weighted by Gasteiger charge is -2.34. The first-order valence-electron chi connectivity index (χ1n) is 7.13. The van der Waals surface area contributed by atoms with E-state index in [9.17, 15) is 4.39 Å². The Morgan fingerprint density at radius 2 is 2.11 bits per heavy atom. The van der Waals surface area contributed by atoms with E-state index in [1.807, 2.05) is 6.07 Å². The van der Waals surface area contributed by atoms with Gasteiger partial charge in [-0.15, -0.1) is 0 Å². The van der Waals surface area contributed by atoms with Crippen molar-refractivity contribution in [3.05, 3.63) is 35.1 Å². The van der Waals surface area contributed by atoms with Gasteiger partial charge in [-0.3, -0.25) is 0 Å². The Morgan fingerprint density at radius 3 is 2.78 bits per heavy atom. The number of benzene rings is 1. The van der Waals surface area contributed by atoms with Crippen molar-refractivity contribution >= 4 is 0 Å². The van der Waals surface area contributed by atoms with Crippen molar-refractivity contribution in [2.75, 3.05) is 0 Å². The molecule has 0 saturated heterocycles. The monoisotopic (exact) mass is 249 g/mol. The Labute approximate surface area is 110 Å². The Morgan fingerprint density at radius 1 is 1.33 bits per heavy atom. The second-order valence-electron chi connectivity index (χ2n) is 5.75. The Bertz CT molecular complexity index is 402. The SMILES string of the molecule is CCCC1CCC(N)C(c2ccc(C)c(F)c2)C1. The van der Waals surface area contributed by atoms with Crippen LogP contribution >= 0.6 is 0 Å². The first kappa shape index (κ1) is 13.5. The van der Waals surface area contributed by atoms with Gasteiger partial charge in [-0.2, -0.15) is 0 Å². The molecule has 0 spiro atoms. The normalized spacial score (nSPS) is 28.3. The summed E-state index contributed by atoms with van der Waals surface area (Å²) in [7, 11) is 0. The van der Waals surface area contributed by atoms with Crippen molar-refractivity contribution in [2.45, 2.75) is 57.9 Å². The zero-order valence-corrected chi connectivity index (χ0v) is 11.5. The van der Waals surface area contributed by atoms with Crippen LogP contribution in [0.4, 0.5) is 4.39 Å². The molecule has 2 heteroatoms. The van der Waals surface area contributed by atoms with Gasteiger partial charge in [0.1, 0.15) is 5.82 Å². The molecule has 0 aromatic heterocycles. The van der Waals surface area contributed by atoms with E-state index < -0.39 is 0 Å². The molecule has 1 fully saturated rings. The maximum Gasteiger partial charge on any atom is 0.126 e. The molecule has 1 aliphatic carbocycles. The first-order chi connectivity index (χ1) is 8.61. The molecular formula is C16H24FN. The molecule has 0 radical (unpaired) electrons. The van der Waals surface area contributed by atoms with Crippen LogP contribution in [-0.2, 0) is 0 Å². The predicted molar refractivity (Wildman–Crippen MR) is 74.1 cm³/mol. The summed E-state index contributed by atoms with van der Waals surface area (Å²) >= 11 is 0. The number of hydrogen-bond acceptors (Lipinski definition) is 1. The summed E-state index contributed by atoms with van der Waals surface area (Å²) in [6.07, 6.45) is 5.94. The highest BCUT2D eigenvalue weighted by molar-refractivity contribution is 5.27. The lowest BCUT2D eigenvalue weighted by atomic mass is 9.73. The van der Waals surface area contributed by atoms with Crippen LogP contribution in [0.1, 0.15) is 56.1 Å². The topological polar surface area (TPSA) is 26.0 Å². The van der Waals surface area contributed by atoms with Gasteiger partial charge >= 0.3 is 0 Å². The van der Waals surface area contributed by atoms with Crippen molar-refractivity contribution in [3.8, 4) is 0 Å². The second-order valence-corrected chi connectivity index (χ2v) is 5.75. The van der Waals surface area contributed by atoms with Gasteiger partial charge in [0.15, 0.2) is 0 Å². The summed E-state index contributed by atoms with van der Waals surface area (Å²) < 4.78 is 13.7. The molecule has 0 amide bonds. The van der Waals surface area contributed by atoms with E-state index in [4.69, 9.17) is 5.73 Å². The highest BCUT2D eigenvalue weighted by atomic mass is 19.1. The second kappa shape index (κ2) is 5.83. The lowest BCUT2D eigenvalue weighted by Crippen LogP contribution is -2.34. The smallest absolute Gasteiger partial charge is 0.126 e. The molecule has 1 aliphatic rings. The molecule has 18 heavy (non-hydrogen) atoms. The Hall–Kier alpha value is -0.890. The van der Waals surface area contributed by atoms with Crippen molar-refractivity contribution in [1.82, 2.24) is 0 Å². The van der Waals surface area contributed by atoms with E-state index >= 15 is 0 Å². The van der Waals surface area contributed by atoms with Crippen LogP contribution in [0.5, 0.6) is 0 Å². The quantitative estimate of drug-likeness (QED) is 0.855. The minimum Gasteiger partial charge on any atom is -0.327 e. The Kier molecular flexibility index (Phi) is 4.39. The van der Waals surface area contributed by atoms with Crippen molar-refractivity contribution < 1.29 is 4.39 Å². The Balaban J connectivity index is 2.16. The van der Waals surface area contributed by atoms with Crippen LogP contribution in [0.15, 0.2) is 18.2 Å². The summed E-state index contributed by atoms with van der Waals surface area (Å²) in [5.74, 6) is 1.01. The minimum atomic E-state index is -0.0997. The molecule has 0 bridgehead atoms. The summed E-state index contributed by atoms with van der Waals surface area (Å²) in [4.78, 5) is 0. The van der Waals surface area contributed by atoms with E-state index in [0.717, 1.165) is 24.3 Å². The van der Waals surface area contributed by atoms with Crippen LogP contribution in [0.2, 0.25) is 0 Å². The minimum absolute atomic E-state index is 0.0997. The zero-order valence-electron chi connectivity index (χ0n) is 11.5. The average molecular weight is 249 g/mol. The third-order valence-electron chi connectivity index (χ3n) is 4.33. The molecule has 1 aromatic rings. The van der Waals surface area contributed by atoms with Crippen LogP contribution in [0, 0.1) is 18.7 Å². The highest BCUT2D eigenvalue weighted by Crippen LogP contribution is 2.37. The number of rotatable bonds is 3. The molecule has 3 unspecified atom stereocenters. The molecule has 1 nitrogen and oxygen atoms in total. The summed E-state index contributed by atoms with van der Waals surface area (Å²) in [6, 6.07) is 5.81. The van der Waals surface area contributed by atoms with Crippen LogP contribution in [0.3, 0.4) is 0 Å². The van der Waals surface area contributed by atoms with Gasteiger partial charge in [0.25, 0.3) is 0 Å². The van der Waals surface area contributed by atoms with Gasteiger partial charge in [-0.05, 0) is 55.2 Å². The fourth-order valence-electron chi connectivity index (χ4n) is 3.17. The van der Waals surface area contributed by atoms with Crippen LogP contribution in [0.25, 0.3) is 0 Å². The highest BCUT2D eigenvalue weighted by Gasteiger charge is 2.29. The van der Waals surface area contributed by atoms with E-state index in [0.29, 0.717) is 11.5 Å². The molecule has 100 valence electrons. The van der Waals surface area contributed by atoms with Crippen molar-refractivity contribution in [2.24, 2.45) is 11.7 Å². The summed E-state index contributed by atoms with van der Waals surface area (Å²) in [5.41, 5.74) is 8.04. The van der Waals surface area contributed by atoms with Crippen LogP contribution in [-0.4, -0.2) is 6.04 Å². The number of hydrogen-bond donors (Lipinski definition) is 1. The largest absolute Gasteiger partial charge is 0.327 e. The van der Waals surface area contributed by atoms with E-state index in [-0.39, 0.29) is 11.9 Å². The number of halogens is 1. The van der Waals surface area contributed by atoms with Gasteiger partial charge in [0, 0.05) is 6.04 Å². The standard InChI is InChI=1S/C16H24FN/c1-3-4-12-6-8-16(18)14(9-12)13-7-5-11(2)15(17)10-13/h5,7,10,12,14,16H,3-4,6,8-9,18H2,1-2H3. The third-order valence-corrected chi connectivity index (χ3v) is 4.33. The molecule has 2 N–H and O–H groups in total. The lowest BCUT2D eigenvalue weighted by molar-refractivity contribution is 0.274. The van der Waals surface area contributed by atoms with Gasteiger partial charge in [0.05, 0.1) is 0 Å². The average Bonchev–Trinajstić information content (AvgIpc) is 2.35. The zero-order chi connectivity index (χ0) is 13.1. The van der Waals surface area contributed by atoms with Crippen molar-refractivity contribution in [1.29, 1.82) is 0 Å². The summed E-state index contributed by atoms with van der Waals surface area (Å²) in [6.45, 7) is 4.04. The maximum atomic E-state index is 13.7. The van der Waals surface area contributed by atoms with Gasteiger partial charge in [0.2, 0.25) is 0 Å². The molecule has 1 aromatic carbocycles. The van der Waals surface area contributed by atoms with E-state index in [1.54, 1.807) is 13.0 Å². The molecule has 3 atom stereocenters. The molecule has 2 rings (SSSR count). The molecule has 0 aliphatic heterocycles. The van der Waals surface area contributed by atoms with Crippen molar-refractivity contribution in [3.63, 3.8) is 0 Å². The fourth-order valence-corrected chi connectivity index (χ4v) is 3.17. The predicted octanol–water partition coefficient (Wildman–Crippen LogP) is 4.15. The van der Waals surface area contributed by atoms with Gasteiger partial charge < -0.3 is 5.73 Å². The van der Waals surface area contributed by atoms with E-state index in [2.05, 4.69) is 13.0 Å². The summed E-state index contributed by atoms with van der Waals surface area (Å²) in [5, 5.41) is 0. The third kappa shape index (κ3) is 2.92. The maximum absolute atomic E-state index is 13.7. The molecule has 1 saturated carbocycles.